The second kappa shape index (κ2) is 11.1. The lowest BCUT2D eigenvalue weighted by Crippen LogP contribution is -2.60. The zero-order valence-electron chi connectivity index (χ0n) is 22.7. The Morgan fingerprint density at radius 2 is 1.88 bits per heavy atom. The first-order chi connectivity index (χ1) is 19.7. The molecule has 1 saturated carbocycles. The number of nitrogens with zero attached hydrogens (tertiary/aromatic N) is 4. The Labute approximate surface area is 243 Å². The van der Waals surface area contributed by atoms with E-state index in [2.05, 4.69) is 4.98 Å². The fraction of sp³-hybridized carbons (Fsp3) is 0.414. The number of ether oxygens (including phenoxy) is 1. The summed E-state index contributed by atoms with van der Waals surface area (Å²) in [6.07, 6.45) is 6.08. The highest BCUT2D eigenvalue weighted by Crippen LogP contribution is 2.42. The number of pyridine rings is 1. The molecule has 0 spiro atoms. The molecule has 1 unspecified atom stereocenters. The van der Waals surface area contributed by atoms with Crippen LogP contribution in [0.2, 0.25) is 0 Å². The average Bonchev–Trinajstić information content (AvgIpc) is 3.43. The Morgan fingerprint density at radius 3 is 2.61 bits per heavy atom. The Kier molecular flexibility index (Phi) is 7.47. The minimum Gasteiger partial charge on any atom is -0.488 e. The summed E-state index contributed by atoms with van der Waals surface area (Å²) in [4.78, 5) is 34.9. The van der Waals surface area contributed by atoms with Crippen LogP contribution in [0.4, 0.5) is 11.5 Å². The Bertz CT molecular complexity index is 1570. The molecule has 3 aliphatic rings. The number of rotatable bonds is 6. The van der Waals surface area contributed by atoms with Crippen LogP contribution in [0.5, 0.6) is 5.75 Å². The van der Waals surface area contributed by atoms with Crippen LogP contribution in [0.15, 0.2) is 53.6 Å². The molecule has 1 aliphatic carbocycles. The van der Waals surface area contributed by atoms with Crippen molar-refractivity contribution in [2.24, 2.45) is 5.92 Å². The van der Waals surface area contributed by atoms with Crippen molar-refractivity contribution >= 4 is 44.7 Å². The number of amides is 1. The van der Waals surface area contributed by atoms with E-state index in [1.165, 1.54) is 16.6 Å². The predicted octanol–water partition coefficient (Wildman–Crippen LogP) is 4.32. The van der Waals surface area contributed by atoms with Gasteiger partial charge in [0.05, 0.1) is 24.8 Å². The van der Waals surface area contributed by atoms with E-state index in [0.29, 0.717) is 30.4 Å². The van der Waals surface area contributed by atoms with Gasteiger partial charge in [-0.1, -0.05) is 49.6 Å². The van der Waals surface area contributed by atoms with E-state index in [4.69, 9.17) is 4.74 Å². The van der Waals surface area contributed by atoms with Crippen LogP contribution in [0.25, 0.3) is 10.4 Å². The minimum absolute atomic E-state index is 0.0247. The van der Waals surface area contributed by atoms with E-state index in [1.54, 1.807) is 11.0 Å². The van der Waals surface area contributed by atoms with Crippen molar-refractivity contribution in [3.63, 3.8) is 0 Å². The van der Waals surface area contributed by atoms with Gasteiger partial charge in [0.1, 0.15) is 16.4 Å². The van der Waals surface area contributed by atoms with Gasteiger partial charge in [0.2, 0.25) is 15.9 Å². The van der Waals surface area contributed by atoms with Crippen LogP contribution in [0.1, 0.15) is 41.8 Å². The van der Waals surface area contributed by atoms with E-state index >= 15 is 0 Å². The van der Waals surface area contributed by atoms with Crippen molar-refractivity contribution in [3.05, 3.63) is 53.5 Å². The number of carbonyl (C=O) groups excluding carboxylic acids is 1. The third-order valence-electron chi connectivity index (χ3n) is 8.21. The number of anilines is 2. The zero-order valence-corrected chi connectivity index (χ0v) is 24.4. The number of benzene rings is 1. The van der Waals surface area contributed by atoms with Gasteiger partial charge in [0.15, 0.2) is 11.6 Å². The average molecular weight is 597 g/mol. The molecule has 41 heavy (non-hydrogen) atoms. The van der Waals surface area contributed by atoms with E-state index in [-0.39, 0.29) is 28.8 Å². The SMILES string of the molecule is CN1CCOc2cc(S(=O)(=O)N3CC(=O)N(c4cc(-c5ccccc5)sc4C(=O)O)C(C4CCCCC4)C3)cnc21. The largest absolute Gasteiger partial charge is 0.488 e. The summed E-state index contributed by atoms with van der Waals surface area (Å²) in [5.41, 5.74) is 1.20. The lowest BCUT2D eigenvalue weighted by atomic mass is 9.82. The summed E-state index contributed by atoms with van der Waals surface area (Å²) in [7, 11) is -2.21. The second-order valence-corrected chi connectivity index (χ2v) is 13.8. The maximum absolute atomic E-state index is 13.9. The number of likely N-dealkylation sites (N-methyl/N-ethyl adjacent to an activating group) is 1. The lowest BCUT2D eigenvalue weighted by molar-refractivity contribution is -0.121. The maximum Gasteiger partial charge on any atom is 0.348 e. The molecule has 1 N–H and O–H groups in total. The minimum atomic E-state index is -4.08. The maximum atomic E-state index is 13.9. The molecule has 0 radical (unpaired) electrons. The van der Waals surface area contributed by atoms with Gasteiger partial charge < -0.3 is 19.6 Å². The van der Waals surface area contributed by atoms with Crippen molar-refractivity contribution < 1.29 is 27.9 Å². The van der Waals surface area contributed by atoms with Crippen molar-refractivity contribution in [2.75, 3.05) is 43.1 Å². The number of hydrogen-bond donors (Lipinski definition) is 1. The standard InChI is InChI=1S/C29H32N4O6S2/c1-31-12-13-39-24-14-21(16-30-28(24)31)41(37,38)32-17-23(19-8-4-2-5-9-19)33(26(34)18-32)22-15-25(40-27(22)29(35)36)20-10-6-3-7-11-20/h3,6-7,10-11,14-16,19,23H,2,4-5,8-9,12-13,17-18H2,1H3,(H,35,36). The van der Waals surface area contributed by atoms with Crippen LogP contribution in [0.3, 0.4) is 0 Å². The van der Waals surface area contributed by atoms with E-state index in [0.717, 1.165) is 53.9 Å². The molecule has 12 heteroatoms. The molecule has 1 amide bonds. The highest BCUT2D eigenvalue weighted by Gasteiger charge is 2.44. The number of sulfonamides is 1. The number of fused-ring (bicyclic) bond motifs is 1. The number of carbonyl (C=O) groups is 2. The van der Waals surface area contributed by atoms with Gasteiger partial charge in [-0.2, -0.15) is 4.31 Å². The van der Waals surface area contributed by atoms with Crippen LogP contribution < -0.4 is 14.5 Å². The molecule has 1 atom stereocenters. The first-order valence-electron chi connectivity index (χ1n) is 13.8. The van der Waals surface area contributed by atoms with Gasteiger partial charge in [-0.05, 0) is 30.4 Å². The van der Waals surface area contributed by atoms with Crippen molar-refractivity contribution in [1.29, 1.82) is 0 Å². The number of aromatic nitrogens is 1. The summed E-state index contributed by atoms with van der Waals surface area (Å²) in [6.45, 7) is 0.761. The number of carboxylic acids is 1. The van der Waals surface area contributed by atoms with Crippen molar-refractivity contribution in [1.82, 2.24) is 9.29 Å². The van der Waals surface area contributed by atoms with Gasteiger partial charge in [0, 0.05) is 30.7 Å². The topological polar surface area (TPSA) is 120 Å². The molecule has 1 saturated heterocycles. The smallest absolute Gasteiger partial charge is 0.348 e. The van der Waals surface area contributed by atoms with Crippen LogP contribution in [-0.2, 0) is 14.8 Å². The number of hydrogen-bond acceptors (Lipinski definition) is 8. The monoisotopic (exact) mass is 596 g/mol. The number of piperazine rings is 1. The first-order valence-corrected chi connectivity index (χ1v) is 16.1. The summed E-state index contributed by atoms with van der Waals surface area (Å²) in [5, 5.41) is 10.1. The lowest BCUT2D eigenvalue weighted by Gasteiger charge is -2.44. The third kappa shape index (κ3) is 5.20. The molecule has 2 fully saturated rings. The quantitative estimate of drug-likeness (QED) is 0.447. The molecule has 2 aliphatic heterocycles. The number of carboxylic acid groups (broad SMARTS) is 1. The number of thiophene rings is 1. The summed E-state index contributed by atoms with van der Waals surface area (Å²) >= 11 is 1.13. The van der Waals surface area contributed by atoms with Crippen LogP contribution >= 0.6 is 11.3 Å². The van der Waals surface area contributed by atoms with Gasteiger partial charge >= 0.3 is 5.97 Å². The fourth-order valence-electron chi connectivity index (χ4n) is 6.10. The van der Waals surface area contributed by atoms with Gasteiger partial charge in [-0.3, -0.25) is 4.79 Å². The van der Waals surface area contributed by atoms with Crippen molar-refractivity contribution in [3.8, 4) is 16.2 Å². The Morgan fingerprint density at radius 1 is 1.12 bits per heavy atom. The van der Waals surface area contributed by atoms with Crippen molar-refractivity contribution in [2.45, 2.75) is 43.0 Å². The molecular formula is C29H32N4O6S2. The number of aromatic carboxylic acids is 1. The van der Waals surface area contributed by atoms with E-state index in [1.807, 2.05) is 42.3 Å². The predicted molar refractivity (Wildman–Crippen MR) is 156 cm³/mol. The highest BCUT2D eigenvalue weighted by atomic mass is 32.2. The van der Waals surface area contributed by atoms with E-state index < -0.39 is 27.9 Å². The molecule has 0 bridgehead atoms. The third-order valence-corrected chi connectivity index (χ3v) is 11.2. The van der Waals surface area contributed by atoms with Gasteiger partial charge in [-0.25, -0.2) is 18.2 Å². The molecule has 6 rings (SSSR count). The first kappa shape index (κ1) is 27.7. The molecule has 216 valence electrons. The highest BCUT2D eigenvalue weighted by molar-refractivity contribution is 7.89. The normalized spacial score (nSPS) is 20.5. The Balaban J connectivity index is 1.38. The molecule has 10 nitrogen and oxygen atoms in total. The van der Waals surface area contributed by atoms with Crippen LogP contribution in [0, 0.1) is 5.92 Å². The van der Waals surface area contributed by atoms with Gasteiger partial charge in [0.25, 0.3) is 0 Å². The fourth-order valence-corrected chi connectivity index (χ4v) is 8.46. The zero-order chi connectivity index (χ0) is 28.7. The molecule has 2 aromatic heterocycles. The van der Waals surface area contributed by atoms with E-state index in [9.17, 15) is 23.1 Å². The molecule has 1 aromatic carbocycles. The molecule has 4 heterocycles. The Hall–Kier alpha value is -3.48. The molecular weight excluding hydrogens is 564 g/mol. The summed E-state index contributed by atoms with van der Waals surface area (Å²) < 4.78 is 34.7. The van der Waals surface area contributed by atoms with Crippen LogP contribution in [-0.4, -0.2) is 74.0 Å². The van der Waals surface area contributed by atoms with Gasteiger partial charge in [-0.15, -0.1) is 11.3 Å². The second-order valence-electron chi connectivity index (χ2n) is 10.8. The summed E-state index contributed by atoms with van der Waals surface area (Å²) in [5.74, 6) is -0.527. The molecule has 3 aromatic rings. The summed E-state index contributed by atoms with van der Waals surface area (Å²) in [6, 6.07) is 12.2.